The lowest BCUT2D eigenvalue weighted by Gasteiger charge is -2.20. The fourth-order valence-electron chi connectivity index (χ4n) is 2.85. The molecule has 2 aromatic rings. The maximum Gasteiger partial charge on any atom is 0.337 e. The van der Waals surface area contributed by atoms with Crippen LogP contribution in [0.1, 0.15) is 44.9 Å². The minimum atomic E-state index is -1.28. The first-order valence-corrected chi connectivity index (χ1v) is 8.14. The lowest BCUT2D eigenvalue weighted by molar-refractivity contribution is 0.0697. The summed E-state index contributed by atoms with van der Waals surface area (Å²) in [7, 11) is 0. The van der Waals surface area contributed by atoms with Crippen LogP contribution < -0.4 is 14.4 Å². The van der Waals surface area contributed by atoms with E-state index in [0.717, 1.165) is 4.90 Å². The van der Waals surface area contributed by atoms with Gasteiger partial charge in [0.25, 0.3) is 11.8 Å². The number of carbonyl (C=O) groups excluding carboxylic acids is 2. The van der Waals surface area contributed by atoms with Crippen molar-refractivity contribution in [3.63, 3.8) is 0 Å². The smallest absolute Gasteiger partial charge is 0.337 e. The van der Waals surface area contributed by atoms with E-state index >= 15 is 0 Å². The van der Waals surface area contributed by atoms with Crippen LogP contribution in [0.3, 0.4) is 0 Å². The molecular formula is C19H17NO6. The van der Waals surface area contributed by atoms with Crippen molar-refractivity contribution in [2.24, 2.45) is 0 Å². The second kappa shape index (κ2) is 6.87. The molecule has 2 aromatic carbocycles. The first kappa shape index (κ1) is 17.5. The summed E-state index contributed by atoms with van der Waals surface area (Å²) in [5.74, 6) is -1.90. The summed E-state index contributed by atoms with van der Waals surface area (Å²) in [5.41, 5.74) is 0.211. The zero-order valence-corrected chi connectivity index (χ0v) is 14.3. The van der Waals surface area contributed by atoms with Gasteiger partial charge < -0.3 is 14.6 Å². The molecule has 1 heterocycles. The first-order valence-electron chi connectivity index (χ1n) is 8.14. The minimum Gasteiger partial charge on any atom is -0.490 e. The molecule has 1 N–H and O–H groups in total. The first-order chi connectivity index (χ1) is 12.5. The molecule has 0 aromatic heterocycles. The molecule has 1 aliphatic rings. The van der Waals surface area contributed by atoms with E-state index in [4.69, 9.17) is 9.47 Å². The second-order valence-electron chi connectivity index (χ2n) is 5.48. The zero-order valence-electron chi connectivity index (χ0n) is 14.3. The molecule has 7 nitrogen and oxygen atoms in total. The largest absolute Gasteiger partial charge is 0.490 e. The van der Waals surface area contributed by atoms with Gasteiger partial charge in [0.15, 0.2) is 11.5 Å². The van der Waals surface area contributed by atoms with Gasteiger partial charge in [-0.2, -0.15) is 0 Å². The predicted octanol–water partition coefficient (Wildman–Crippen LogP) is 2.98. The van der Waals surface area contributed by atoms with Gasteiger partial charge in [-0.05, 0) is 26.0 Å². The van der Waals surface area contributed by atoms with Gasteiger partial charge in [0.2, 0.25) is 0 Å². The van der Waals surface area contributed by atoms with E-state index in [2.05, 4.69) is 0 Å². The van der Waals surface area contributed by atoms with E-state index in [1.165, 1.54) is 24.3 Å². The summed E-state index contributed by atoms with van der Waals surface area (Å²) in [4.78, 5) is 38.0. The number of rotatable bonds is 6. The van der Waals surface area contributed by atoms with Gasteiger partial charge in [-0.15, -0.1) is 0 Å². The number of hydrogen-bond acceptors (Lipinski definition) is 5. The summed E-state index contributed by atoms with van der Waals surface area (Å²) < 4.78 is 10.9. The van der Waals surface area contributed by atoms with Crippen LogP contribution in [0.4, 0.5) is 5.69 Å². The van der Waals surface area contributed by atoms with E-state index in [1.807, 2.05) is 0 Å². The van der Waals surface area contributed by atoms with Crippen LogP contribution in [0.2, 0.25) is 0 Å². The highest BCUT2D eigenvalue weighted by Gasteiger charge is 2.38. The molecule has 0 fully saturated rings. The molecule has 0 radical (unpaired) electrons. The van der Waals surface area contributed by atoms with Crippen molar-refractivity contribution in [3.8, 4) is 11.5 Å². The standard InChI is InChI=1S/C19H17NO6/c1-3-25-15-9-13(19(23)24)14(10-16(15)26-4-2)20-17(21)11-7-5-6-8-12(11)18(20)22/h5-10H,3-4H2,1-2H3,(H,23,24). The average molecular weight is 355 g/mol. The highest BCUT2D eigenvalue weighted by molar-refractivity contribution is 6.35. The van der Waals surface area contributed by atoms with Crippen molar-refractivity contribution in [3.05, 3.63) is 53.1 Å². The molecule has 1 aliphatic heterocycles. The molecule has 0 bridgehead atoms. The Morgan fingerprint density at radius 1 is 0.962 bits per heavy atom. The second-order valence-corrected chi connectivity index (χ2v) is 5.48. The molecule has 0 spiro atoms. The minimum absolute atomic E-state index is 0.0457. The van der Waals surface area contributed by atoms with E-state index in [-0.39, 0.29) is 33.9 Å². The maximum absolute atomic E-state index is 12.7. The molecule has 26 heavy (non-hydrogen) atoms. The lowest BCUT2D eigenvalue weighted by atomic mass is 10.1. The quantitative estimate of drug-likeness (QED) is 0.801. The number of benzene rings is 2. The third kappa shape index (κ3) is 2.77. The molecule has 2 amide bonds. The molecular weight excluding hydrogens is 338 g/mol. The van der Waals surface area contributed by atoms with E-state index in [0.29, 0.717) is 13.2 Å². The highest BCUT2D eigenvalue weighted by atomic mass is 16.5. The van der Waals surface area contributed by atoms with Gasteiger partial charge in [0.05, 0.1) is 35.6 Å². The van der Waals surface area contributed by atoms with Gasteiger partial charge in [-0.25, -0.2) is 9.69 Å². The number of fused-ring (bicyclic) bond motifs is 1. The molecule has 0 unspecified atom stereocenters. The number of carbonyl (C=O) groups is 3. The van der Waals surface area contributed by atoms with Crippen molar-refractivity contribution in [1.82, 2.24) is 0 Å². The van der Waals surface area contributed by atoms with Crippen molar-refractivity contribution in [2.45, 2.75) is 13.8 Å². The molecule has 0 saturated heterocycles. The Hall–Kier alpha value is -3.35. The Kier molecular flexibility index (Phi) is 4.62. The van der Waals surface area contributed by atoms with Crippen LogP contribution in [0, 0.1) is 0 Å². The number of hydrogen-bond donors (Lipinski definition) is 1. The number of nitrogens with zero attached hydrogens (tertiary/aromatic N) is 1. The summed E-state index contributed by atoms with van der Waals surface area (Å²) in [6, 6.07) is 9.00. The van der Waals surface area contributed by atoms with Crippen molar-refractivity contribution >= 4 is 23.5 Å². The molecule has 134 valence electrons. The van der Waals surface area contributed by atoms with Gasteiger partial charge >= 0.3 is 5.97 Å². The zero-order chi connectivity index (χ0) is 18.8. The van der Waals surface area contributed by atoms with Gasteiger partial charge in [-0.1, -0.05) is 12.1 Å². The van der Waals surface area contributed by atoms with Crippen LogP contribution in [0.15, 0.2) is 36.4 Å². The maximum atomic E-state index is 12.7. The van der Waals surface area contributed by atoms with Gasteiger partial charge in [0, 0.05) is 12.1 Å². The molecule has 7 heteroatoms. The predicted molar refractivity (Wildman–Crippen MR) is 93.3 cm³/mol. The molecule has 0 aliphatic carbocycles. The number of carboxylic acid groups (broad SMARTS) is 1. The fourth-order valence-corrected chi connectivity index (χ4v) is 2.85. The fraction of sp³-hybridized carbons (Fsp3) is 0.211. The van der Waals surface area contributed by atoms with Crippen molar-refractivity contribution in [2.75, 3.05) is 18.1 Å². The van der Waals surface area contributed by atoms with E-state index < -0.39 is 17.8 Å². The Morgan fingerprint density at radius 2 is 1.46 bits per heavy atom. The van der Waals surface area contributed by atoms with Crippen LogP contribution in [-0.2, 0) is 0 Å². The number of anilines is 1. The van der Waals surface area contributed by atoms with Gasteiger partial charge in [0.1, 0.15) is 0 Å². The van der Waals surface area contributed by atoms with E-state index in [9.17, 15) is 19.5 Å². The topological polar surface area (TPSA) is 93.1 Å². The molecule has 3 rings (SSSR count). The van der Waals surface area contributed by atoms with Crippen molar-refractivity contribution in [1.29, 1.82) is 0 Å². The SMILES string of the molecule is CCOc1cc(C(=O)O)c(N2C(=O)c3ccccc3C2=O)cc1OCC. The monoisotopic (exact) mass is 355 g/mol. The number of amides is 2. The van der Waals surface area contributed by atoms with Crippen LogP contribution in [0.25, 0.3) is 0 Å². The number of carboxylic acids is 1. The number of imide groups is 1. The van der Waals surface area contributed by atoms with Crippen LogP contribution >= 0.6 is 0 Å². The van der Waals surface area contributed by atoms with Crippen molar-refractivity contribution < 1.29 is 29.0 Å². The highest BCUT2D eigenvalue weighted by Crippen LogP contribution is 2.38. The summed E-state index contributed by atoms with van der Waals surface area (Å²) >= 11 is 0. The third-order valence-electron chi connectivity index (χ3n) is 3.93. The Bertz CT molecular complexity index is 870. The summed E-state index contributed by atoms with van der Waals surface area (Å²) in [6.45, 7) is 4.15. The Balaban J connectivity index is 2.18. The molecule has 0 atom stereocenters. The lowest BCUT2D eigenvalue weighted by Crippen LogP contribution is -2.31. The Morgan fingerprint density at radius 3 is 1.92 bits per heavy atom. The van der Waals surface area contributed by atoms with Gasteiger partial charge in [-0.3, -0.25) is 9.59 Å². The number of ether oxygens (including phenoxy) is 2. The van der Waals surface area contributed by atoms with Crippen LogP contribution in [-0.4, -0.2) is 36.1 Å². The average Bonchev–Trinajstić information content (AvgIpc) is 2.88. The van der Waals surface area contributed by atoms with E-state index in [1.54, 1.807) is 26.0 Å². The normalized spacial score (nSPS) is 12.9. The Labute approximate surface area is 149 Å². The summed E-state index contributed by atoms with van der Waals surface area (Å²) in [6.07, 6.45) is 0. The number of aromatic carboxylic acids is 1. The molecule has 0 saturated carbocycles. The van der Waals surface area contributed by atoms with Crippen LogP contribution in [0.5, 0.6) is 11.5 Å². The third-order valence-corrected chi connectivity index (χ3v) is 3.93. The summed E-state index contributed by atoms with van der Waals surface area (Å²) in [5, 5.41) is 9.58.